The zero-order valence-corrected chi connectivity index (χ0v) is 18.3. The van der Waals surface area contributed by atoms with Crippen LogP contribution >= 0.6 is 28.1 Å². The molecule has 0 saturated carbocycles. The van der Waals surface area contributed by atoms with Crippen molar-refractivity contribution in [3.8, 4) is 11.5 Å². The molecule has 1 saturated heterocycles. The predicted octanol–water partition coefficient (Wildman–Crippen LogP) is 3.68. The van der Waals surface area contributed by atoms with Crippen molar-refractivity contribution in [1.29, 1.82) is 0 Å². The van der Waals surface area contributed by atoms with E-state index in [4.69, 9.17) is 21.7 Å². The SMILES string of the molecule is CCOc1cc(/C=C2\C(=O)NC(=S)N(C)C2=O)c(Br)cc1OCc1ccccc1. The van der Waals surface area contributed by atoms with Crippen LogP contribution in [0.15, 0.2) is 52.5 Å². The fourth-order valence-electron chi connectivity index (χ4n) is 2.68. The summed E-state index contributed by atoms with van der Waals surface area (Å²) < 4.78 is 12.3. The zero-order chi connectivity index (χ0) is 21.0. The normalized spacial score (nSPS) is 15.5. The van der Waals surface area contributed by atoms with E-state index in [1.807, 2.05) is 37.3 Å². The lowest BCUT2D eigenvalue weighted by Crippen LogP contribution is -2.52. The average molecular weight is 475 g/mol. The van der Waals surface area contributed by atoms with E-state index in [0.717, 1.165) is 5.56 Å². The van der Waals surface area contributed by atoms with E-state index < -0.39 is 11.8 Å². The molecule has 1 fully saturated rings. The second-order valence-corrected chi connectivity index (χ2v) is 7.45. The molecular formula is C21H19BrN2O4S. The van der Waals surface area contributed by atoms with E-state index >= 15 is 0 Å². The fraction of sp³-hybridized carbons (Fsp3) is 0.190. The van der Waals surface area contributed by atoms with Crippen LogP contribution in [0.5, 0.6) is 11.5 Å². The van der Waals surface area contributed by atoms with Crippen LogP contribution < -0.4 is 14.8 Å². The van der Waals surface area contributed by atoms with Crippen molar-refractivity contribution in [2.75, 3.05) is 13.7 Å². The number of hydrogen-bond donors (Lipinski definition) is 1. The summed E-state index contributed by atoms with van der Waals surface area (Å²) in [4.78, 5) is 25.9. The topological polar surface area (TPSA) is 67.9 Å². The number of amides is 2. The summed E-state index contributed by atoms with van der Waals surface area (Å²) in [5.74, 6) is 0.0776. The number of nitrogens with one attached hydrogen (secondary N) is 1. The van der Waals surface area contributed by atoms with Gasteiger partial charge >= 0.3 is 0 Å². The van der Waals surface area contributed by atoms with Crippen LogP contribution in [-0.4, -0.2) is 35.5 Å². The summed E-state index contributed by atoms with van der Waals surface area (Å²) in [5, 5.41) is 2.58. The van der Waals surface area contributed by atoms with Crippen molar-refractivity contribution in [2.24, 2.45) is 0 Å². The molecule has 6 nitrogen and oxygen atoms in total. The highest BCUT2D eigenvalue weighted by Gasteiger charge is 2.31. The van der Waals surface area contributed by atoms with Gasteiger partial charge in [0.15, 0.2) is 16.6 Å². The minimum absolute atomic E-state index is 0.0118. The Balaban J connectivity index is 1.92. The quantitative estimate of drug-likeness (QED) is 0.392. The number of benzene rings is 2. The third kappa shape index (κ3) is 4.83. The third-order valence-electron chi connectivity index (χ3n) is 4.20. The second kappa shape index (κ2) is 9.19. The number of ether oxygens (including phenoxy) is 2. The van der Waals surface area contributed by atoms with Crippen molar-refractivity contribution in [3.63, 3.8) is 0 Å². The summed E-state index contributed by atoms with van der Waals surface area (Å²) in [7, 11) is 1.51. The monoisotopic (exact) mass is 474 g/mol. The molecule has 1 aliphatic heterocycles. The Morgan fingerprint density at radius 1 is 1.14 bits per heavy atom. The molecule has 1 heterocycles. The first kappa shape index (κ1) is 21.0. The minimum Gasteiger partial charge on any atom is -0.490 e. The standard InChI is InChI=1S/C21H19BrN2O4S/c1-3-27-17-10-14(9-15-19(25)23-21(29)24(2)20(15)26)16(22)11-18(17)28-12-13-7-5-4-6-8-13/h4-11H,3,12H2,1-2H3,(H,23,25,29)/b15-9+. The van der Waals surface area contributed by atoms with Gasteiger partial charge in [-0.1, -0.05) is 46.3 Å². The summed E-state index contributed by atoms with van der Waals surface area (Å²) in [6, 6.07) is 13.3. The first-order valence-electron chi connectivity index (χ1n) is 8.88. The summed E-state index contributed by atoms with van der Waals surface area (Å²) in [6.07, 6.45) is 1.50. The Hall–Kier alpha value is -2.71. The highest BCUT2D eigenvalue weighted by atomic mass is 79.9. The molecule has 0 bridgehead atoms. The number of hydrogen-bond acceptors (Lipinski definition) is 5. The fourth-order valence-corrected chi connectivity index (χ4v) is 3.29. The lowest BCUT2D eigenvalue weighted by molar-refractivity contribution is -0.128. The Kier molecular flexibility index (Phi) is 6.66. The van der Waals surface area contributed by atoms with Gasteiger partial charge in [0.05, 0.1) is 6.61 Å². The van der Waals surface area contributed by atoms with E-state index in [2.05, 4.69) is 21.2 Å². The van der Waals surface area contributed by atoms with Gasteiger partial charge in [-0.15, -0.1) is 0 Å². The average Bonchev–Trinajstić information content (AvgIpc) is 2.71. The molecule has 0 atom stereocenters. The molecule has 150 valence electrons. The summed E-state index contributed by atoms with van der Waals surface area (Å²) in [6.45, 7) is 2.70. The van der Waals surface area contributed by atoms with Crippen LogP contribution in [0.3, 0.4) is 0 Å². The van der Waals surface area contributed by atoms with Crippen molar-refractivity contribution in [2.45, 2.75) is 13.5 Å². The van der Waals surface area contributed by atoms with Crippen LogP contribution in [0.1, 0.15) is 18.1 Å². The lowest BCUT2D eigenvalue weighted by Gasteiger charge is -2.25. The van der Waals surface area contributed by atoms with E-state index in [9.17, 15) is 9.59 Å². The molecule has 0 aromatic heterocycles. The van der Waals surface area contributed by atoms with Gasteiger partial charge < -0.3 is 9.47 Å². The van der Waals surface area contributed by atoms with Crippen LogP contribution in [0.4, 0.5) is 0 Å². The van der Waals surface area contributed by atoms with Crippen molar-refractivity contribution >= 4 is 51.2 Å². The number of halogens is 1. The lowest BCUT2D eigenvalue weighted by atomic mass is 10.1. The van der Waals surface area contributed by atoms with E-state index in [1.165, 1.54) is 18.0 Å². The first-order valence-corrected chi connectivity index (χ1v) is 10.1. The molecule has 8 heteroatoms. The molecule has 0 unspecified atom stereocenters. The van der Waals surface area contributed by atoms with Gasteiger partial charge in [-0.25, -0.2) is 0 Å². The molecule has 0 radical (unpaired) electrons. The zero-order valence-electron chi connectivity index (χ0n) is 15.9. The molecule has 1 aliphatic rings. The van der Waals surface area contributed by atoms with Crippen LogP contribution in [0.2, 0.25) is 0 Å². The van der Waals surface area contributed by atoms with Crippen LogP contribution in [-0.2, 0) is 16.2 Å². The van der Waals surface area contributed by atoms with Gasteiger partial charge in [-0.3, -0.25) is 19.8 Å². The maximum atomic E-state index is 12.4. The highest BCUT2D eigenvalue weighted by molar-refractivity contribution is 9.10. The molecule has 0 aliphatic carbocycles. The van der Waals surface area contributed by atoms with Crippen LogP contribution in [0, 0.1) is 0 Å². The maximum absolute atomic E-state index is 12.4. The van der Waals surface area contributed by atoms with Crippen molar-refractivity contribution in [1.82, 2.24) is 10.2 Å². The number of carbonyl (C=O) groups excluding carboxylic acids is 2. The van der Waals surface area contributed by atoms with Gasteiger partial charge in [-0.2, -0.15) is 0 Å². The smallest absolute Gasteiger partial charge is 0.265 e. The molecule has 1 N–H and O–H groups in total. The molecule has 29 heavy (non-hydrogen) atoms. The van der Waals surface area contributed by atoms with Gasteiger partial charge in [0.1, 0.15) is 12.2 Å². The van der Waals surface area contributed by atoms with Crippen molar-refractivity contribution < 1.29 is 19.1 Å². The number of carbonyl (C=O) groups is 2. The Bertz CT molecular complexity index is 992. The highest BCUT2D eigenvalue weighted by Crippen LogP contribution is 2.35. The Morgan fingerprint density at radius 2 is 1.83 bits per heavy atom. The van der Waals surface area contributed by atoms with E-state index in [0.29, 0.717) is 34.7 Å². The third-order valence-corrected chi connectivity index (χ3v) is 5.27. The summed E-state index contributed by atoms with van der Waals surface area (Å²) in [5.41, 5.74) is 1.63. The van der Waals surface area contributed by atoms with E-state index in [1.54, 1.807) is 12.1 Å². The van der Waals surface area contributed by atoms with Gasteiger partial charge in [0.2, 0.25) is 0 Å². The maximum Gasteiger partial charge on any atom is 0.265 e. The number of likely N-dealkylation sites (N-methyl/N-ethyl adjacent to an activating group) is 1. The number of thiocarbonyl (C=S) groups is 1. The summed E-state index contributed by atoms with van der Waals surface area (Å²) >= 11 is 8.46. The van der Waals surface area contributed by atoms with E-state index in [-0.39, 0.29) is 10.7 Å². The minimum atomic E-state index is -0.535. The second-order valence-electron chi connectivity index (χ2n) is 6.21. The number of nitrogens with zero attached hydrogens (tertiary/aromatic N) is 1. The largest absolute Gasteiger partial charge is 0.490 e. The van der Waals surface area contributed by atoms with Crippen molar-refractivity contribution in [3.05, 3.63) is 63.6 Å². The van der Waals surface area contributed by atoms with Gasteiger partial charge in [-0.05, 0) is 48.5 Å². The molecule has 2 aromatic rings. The predicted molar refractivity (Wildman–Crippen MR) is 118 cm³/mol. The molecule has 2 amide bonds. The Labute approximate surface area is 182 Å². The van der Waals surface area contributed by atoms with Crippen LogP contribution in [0.25, 0.3) is 6.08 Å². The molecule has 0 spiro atoms. The molecule has 3 rings (SSSR count). The van der Waals surface area contributed by atoms with Gasteiger partial charge in [0, 0.05) is 11.5 Å². The molecule has 2 aromatic carbocycles. The van der Waals surface area contributed by atoms with Gasteiger partial charge in [0.25, 0.3) is 11.8 Å². The Morgan fingerprint density at radius 3 is 2.52 bits per heavy atom. The molecular weight excluding hydrogens is 456 g/mol. The number of rotatable bonds is 6. The first-order chi connectivity index (χ1) is 13.9.